The molecule has 3 N–H and O–H groups in total. The van der Waals surface area contributed by atoms with Gasteiger partial charge in [0.25, 0.3) is 0 Å². The van der Waals surface area contributed by atoms with Crippen LogP contribution in [0.15, 0.2) is 42.5 Å². The van der Waals surface area contributed by atoms with E-state index in [2.05, 4.69) is 11.4 Å². The summed E-state index contributed by atoms with van der Waals surface area (Å²) in [6.45, 7) is 0.435. The Balaban J connectivity index is 1.59. The van der Waals surface area contributed by atoms with Gasteiger partial charge >= 0.3 is 0 Å². The fourth-order valence-electron chi connectivity index (χ4n) is 2.69. The van der Waals surface area contributed by atoms with Crippen molar-refractivity contribution >= 4 is 22.6 Å². The smallest absolute Gasteiger partial charge is 0.249 e. The van der Waals surface area contributed by atoms with Crippen molar-refractivity contribution in [1.82, 2.24) is 5.32 Å². The van der Waals surface area contributed by atoms with Gasteiger partial charge in [-0.1, -0.05) is 36.4 Å². The van der Waals surface area contributed by atoms with E-state index in [1.165, 1.54) is 5.39 Å². The first-order chi connectivity index (χ1) is 10.6. The third kappa shape index (κ3) is 3.09. The van der Waals surface area contributed by atoms with Crippen molar-refractivity contribution < 1.29 is 14.3 Å². The van der Waals surface area contributed by atoms with Crippen LogP contribution in [0.25, 0.3) is 10.8 Å². The van der Waals surface area contributed by atoms with Crippen LogP contribution in [-0.4, -0.2) is 24.0 Å². The number of benzene rings is 2. The molecule has 1 aliphatic rings. The number of hydrogen-bond acceptors (Lipinski definition) is 3. The van der Waals surface area contributed by atoms with Crippen molar-refractivity contribution in [2.24, 2.45) is 5.73 Å². The SMILES string of the molecule is NC(=O)[C@@H]1CC[C@@H](C(=O)NCc2ccc3ccccc3c2)O1. The zero-order valence-corrected chi connectivity index (χ0v) is 12.1. The third-order valence-electron chi connectivity index (χ3n) is 3.91. The molecular weight excluding hydrogens is 280 g/mol. The number of carbonyl (C=O) groups excluding carboxylic acids is 2. The summed E-state index contributed by atoms with van der Waals surface area (Å²) in [5, 5.41) is 5.16. The fourth-order valence-corrected chi connectivity index (χ4v) is 2.69. The number of rotatable bonds is 4. The summed E-state index contributed by atoms with van der Waals surface area (Å²) in [7, 11) is 0. The van der Waals surface area contributed by atoms with Crippen LogP contribution in [-0.2, 0) is 20.9 Å². The molecule has 3 rings (SSSR count). The predicted octanol–water partition coefficient (Wildman–Crippen LogP) is 1.49. The van der Waals surface area contributed by atoms with Crippen molar-refractivity contribution in [2.75, 3.05) is 0 Å². The second-order valence-electron chi connectivity index (χ2n) is 5.49. The molecule has 0 aliphatic carbocycles. The van der Waals surface area contributed by atoms with Crippen molar-refractivity contribution in [3.63, 3.8) is 0 Å². The van der Waals surface area contributed by atoms with Gasteiger partial charge in [-0.05, 0) is 35.2 Å². The van der Waals surface area contributed by atoms with E-state index >= 15 is 0 Å². The Hall–Kier alpha value is -2.40. The molecule has 2 amide bonds. The summed E-state index contributed by atoms with van der Waals surface area (Å²) >= 11 is 0. The summed E-state index contributed by atoms with van der Waals surface area (Å²) in [4.78, 5) is 23.1. The lowest BCUT2D eigenvalue weighted by Crippen LogP contribution is -2.36. The normalized spacial score (nSPS) is 20.9. The van der Waals surface area contributed by atoms with Gasteiger partial charge < -0.3 is 15.8 Å². The number of nitrogens with two attached hydrogens (primary N) is 1. The van der Waals surface area contributed by atoms with E-state index in [0.717, 1.165) is 10.9 Å². The van der Waals surface area contributed by atoms with Crippen LogP contribution in [0.1, 0.15) is 18.4 Å². The molecule has 5 nitrogen and oxygen atoms in total. The molecule has 0 saturated carbocycles. The number of nitrogens with one attached hydrogen (secondary N) is 1. The first-order valence-electron chi connectivity index (χ1n) is 7.33. The standard InChI is InChI=1S/C17H18N2O3/c18-16(20)14-7-8-15(22-14)17(21)19-10-11-5-6-12-3-1-2-4-13(12)9-11/h1-6,9,14-15H,7-8,10H2,(H2,18,20)(H,19,21)/t14-,15-/m0/s1. The highest BCUT2D eigenvalue weighted by molar-refractivity contribution is 5.85. The predicted molar refractivity (Wildman–Crippen MR) is 82.9 cm³/mol. The summed E-state index contributed by atoms with van der Waals surface area (Å²) in [5.41, 5.74) is 6.21. The van der Waals surface area contributed by atoms with E-state index in [-0.39, 0.29) is 5.91 Å². The van der Waals surface area contributed by atoms with E-state index in [0.29, 0.717) is 19.4 Å². The molecule has 1 heterocycles. The van der Waals surface area contributed by atoms with Crippen LogP contribution < -0.4 is 11.1 Å². The zero-order valence-electron chi connectivity index (χ0n) is 12.1. The third-order valence-corrected chi connectivity index (χ3v) is 3.91. The van der Waals surface area contributed by atoms with Gasteiger partial charge in [-0.25, -0.2) is 0 Å². The molecule has 0 spiro atoms. The average molecular weight is 298 g/mol. The lowest BCUT2D eigenvalue weighted by molar-refractivity contribution is -0.137. The van der Waals surface area contributed by atoms with Gasteiger partial charge in [-0.3, -0.25) is 9.59 Å². The van der Waals surface area contributed by atoms with Gasteiger partial charge in [0.15, 0.2) is 0 Å². The second kappa shape index (κ2) is 6.15. The summed E-state index contributed by atoms with van der Waals surface area (Å²) in [6, 6.07) is 14.2. The van der Waals surface area contributed by atoms with Crippen molar-refractivity contribution in [3.8, 4) is 0 Å². The van der Waals surface area contributed by atoms with E-state index < -0.39 is 18.1 Å². The largest absolute Gasteiger partial charge is 0.367 e. The van der Waals surface area contributed by atoms with E-state index in [4.69, 9.17) is 10.5 Å². The van der Waals surface area contributed by atoms with Gasteiger partial charge in [-0.2, -0.15) is 0 Å². The molecule has 0 bridgehead atoms. The number of ether oxygens (including phenoxy) is 1. The molecule has 0 aromatic heterocycles. The molecule has 2 atom stereocenters. The molecular formula is C17H18N2O3. The van der Waals surface area contributed by atoms with Crippen molar-refractivity contribution in [1.29, 1.82) is 0 Å². The lowest BCUT2D eigenvalue weighted by Gasteiger charge is -2.12. The molecule has 0 unspecified atom stereocenters. The van der Waals surface area contributed by atoms with Crippen LogP contribution >= 0.6 is 0 Å². The van der Waals surface area contributed by atoms with Crippen LogP contribution in [0.2, 0.25) is 0 Å². The number of hydrogen-bond donors (Lipinski definition) is 2. The lowest BCUT2D eigenvalue weighted by atomic mass is 10.1. The Labute approximate surface area is 128 Å². The molecule has 2 aromatic carbocycles. The molecule has 1 saturated heterocycles. The van der Waals surface area contributed by atoms with Gasteiger partial charge in [0, 0.05) is 6.54 Å². The van der Waals surface area contributed by atoms with E-state index in [9.17, 15) is 9.59 Å². The maximum absolute atomic E-state index is 12.1. The highest BCUT2D eigenvalue weighted by Gasteiger charge is 2.33. The molecule has 0 radical (unpaired) electrons. The minimum atomic E-state index is -0.642. The van der Waals surface area contributed by atoms with E-state index in [1.54, 1.807) is 0 Å². The molecule has 1 fully saturated rings. The Morgan fingerprint density at radius 3 is 2.55 bits per heavy atom. The Morgan fingerprint density at radius 2 is 1.82 bits per heavy atom. The van der Waals surface area contributed by atoms with Crippen molar-refractivity contribution in [3.05, 3.63) is 48.0 Å². The monoisotopic (exact) mass is 298 g/mol. The first kappa shape index (κ1) is 14.5. The van der Waals surface area contributed by atoms with Crippen LogP contribution in [0.3, 0.4) is 0 Å². The number of fused-ring (bicyclic) bond motifs is 1. The topological polar surface area (TPSA) is 81.4 Å². The molecule has 1 aliphatic heterocycles. The fraction of sp³-hybridized carbons (Fsp3) is 0.294. The molecule has 114 valence electrons. The minimum absolute atomic E-state index is 0.197. The van der Waals surface area contributed by atoms with E-state index in [1.807, 2.05) is 36.4 Å². The maximum Gasteiger partial charge on any atom is 0.249 e. The first-order valence-corrected chi connectivity index (χ1v) is 7.33. The number of carbonyl (C=O) groups is 2. The quantitative estimate of drug-likeness (QED) is 0.897. The zero-order chi connectivity index (χ0) is 15.5. The van der Waals surface area contributed by atoms with Crippen LogP contribution in [0, 0.1) is 0 Å². The Bertz CT molecular complexity index is 714. The average Bonchev–Trinajstić information content (AvgIpc) is 3.03. The highest BCUT2D eigenvalue weighted by Crippen LogP contribution is 2.20. The summed E-state index contributed by atoms with van der Waals surface area (Å²) in [6.07, 6.45) is -0.199. The highest BCUT2D eigenvalue weighted by atomic mass is 16.5. The molecule has 5 heteroatoms. The van der Waals surface area contributed by atoms with Crippen LogP contribution in [0.5, 0.6) is 0 Å². The molecule has 2 aromatic rings. The van der Waals surface area contributed by atoms with Gasteiger partial charge in [0.2, 0.25) is 11.8 Å². The second-order valence-corrected chi connectivity index (χ2v) is 5.49. The van der Waals surface area contributed by atoms with Crippen molar-refractivity contribution in [2.45, 2.75) is 31.6 Å². The van der Waals surface area contributed by atoms with Gasteiger partial charge in [0.05, 0.1) is 0 Å². The minimum Gasteiger partial charge on any atom is -0.367 e. The Kier molecular flexibility index (Phi) is 4.06. The molecule has 22 heavy (non-hydrogen) atoms. The number of primary amides is 1. The summed E-state index contributed by atoms with van der Waals surface area (Å²) in [5.74, 6) is -0.707. The van der Waals surface area contributed by atoms with Crippen LogP contribution in [0.4, 0.5) is 0 Å². The maximum atomic E-state index is 12.1. The number of amides is 2. The Morgan fingerprint density at radius 1 is 1.09 bits per heavy atom. The summed E-state index contributed by atoms with van der Waals surface area (Å²) < 4.78 is 5.36. The van der Waals surface area contributed by atoms with Gasteiger partial charge in [0.1, 0.15) is 12.2 Å². The van der Waals surface area contributed by atoms with Gasteiger partial charge in [-0.15, -0.1) is 0 Å².